The zero-order valence-corrected chi connectivity index (χ0v) is 14.1. The summed E-state index contributed by atoms with van der Waals surface area (Å²) >= 11 is 1.24. The molecule has 6 heteroatoms. The number of aromatic nitrogens is 1. The molecule has 25 heavy (non-hydrogen) atoms. The van der Waals surface area contributed by atoms with Gasteiger partial charge in [-0.2, -0.15) is 5.26 Å². The predicted octanol–water partition coefficient (Wildman–Crippen LogP) is 3.62. The van der Waals surface area contributed by atoms with Crippen molar-refractivity contribution in [3.8, 4) is 17.4 Å². The molecular weight excluding hydrogens is 334 g/mol. The van der Waals surface area contributed by atoms with Crippen LogP contribution in [0.4, 0.5) is 0 Å². The van der Waals surface area contributed by atoms with E-state index in [1.54, 1.807) is 24.4 Å². The van der Waals surface area contributed by atoms with Crippen molar-refractivity contribution in [2.75, 3.05) is 5.75 Å². The number of amides is 1. The number of carbonyl (C=O) groups excluding carboxylic acids is 1. The number of oxazole rings is 1. The third-order valence-corrected chi connectivity index (χ3v) is 4.26. The molecule has 0 fully saturated rings. The van der Waals surface area contributed by atoms with Crippen LogP contribution < -0.4 is 5.32 Å². The maximum Gasteiger partial charge on any atom is 0.256 e. The molecule has 0 spiro atoms. The molecule has 0 aliphatic rings. The molecule has 0 aliphatic carbocycles. The Morgan fingerprint density at radius 2 is 2.04 bits per heavy atom. The van der Waals surface area contributed by atoms with Crippen molar-refractivity contribution in [1.29, 1.82) is 5.26 Å². The van der Waals surface area contributed by atoms with E-state index >= 15 is 0 Å². The van der Waals surface area contributed by atoms with Gasteiger partial charge in [-0.15, -0.1) is 0 Å². The van der Waals surface area contributed by atoms with Crippen LogP contribution in [-0.2, 0) is 11.3 Å². The number of carbonyl (C=O) groups is 1. The molecule has 1 amide bonds. The second-order valence-corrected chi connectivity index (χ2v) is 6.16. The van der Waals surface area contributed by atoms with Crippen LogP contribution in [0.5, 0.6) is 0 Å². The third-order valence-electron chi connectivity index (χ3n) is 3.42. The molecule has 0 aliphatic heterocycles. The summed E-state index contributed by atoms with van der Waals surface area (Å²) in [6, 6.07) is 18.9. The number of thioether (sulfide) groups is 1. The summed E-state index contributed by atoms with van der Waals surface area (Å²) in [5, 5.41) is 12.2. The van der Waals surface area contributed by atoms with E-state index in [2.05, 4.69) is 16.4 Å². The van der Waals surface area contributed by atoms with Gasteiger partial charge in [-0.3, -0.25) is 4.79 Å². The number of benzene rings is 2. The van der Waals surface area contributed by atoms with Gasteiger partial charge in [0.05, 0.1) is 23.6 Å². The Labute approximate surface area is 149 Å². The van der Waals surface area contributed by atoms with Crippen molar-refractivity contribution < 1.29 is 9.21 Å². The van der Waals surface area contributed by atoms with Crippen molar-refractivity contribution in [2.45, 2.75) is 11.8 Å². The normalized spacial score (nSPS) is 10.2. The van der Waals surface area contributed by atoms with Gasteiger partial charge in [-0.25, -0.2) is 4.98 Å². The van der Waals surface area contributed by atoms with Gasteiger partial charge in [-0.1, -0.05) is 54.2 Å². The van der Waals surface area contributed by atoms with Crippen molar-refractivity contribution in [3.63, 3.8) is 0 Å². The Kier molecular flexibility index (Phi) is 5.50. The molecule has 3 rings (SSSR count). The molecule has 0 unspecified atom stereocenters. The average Bonchev–Trinajstić information content (AvgIpc) is 3.15. The lowest BCUT2D eigenvalue weighted by Crippen LogP contribution is -2.24. The SMILES string of the molecule is N#Cc1cccc(CNC(=O)CSc2ncc(-c3ccccc3)o2)c1. The van der Waals surface area contributed by atoms with Crippen molar-refractivity contribution in [2.24, 2.45) is 0 Å². The Morgan fingerprint density at radius 1 is 1.20 bits per heavy atom. The second-order valence-electron chi connectivity index (χ2n) is 5.23. The number of hydrogen-bond acceptors (Lipinski definition) is 5. The molecule has 0 atom stereocenters. The Morgan fingerprint density at radius 3 is 2.84 bits per heavy atom. The summed E-state index contributed by atoms with van der Waals surface area (Å²) in [6.45, 7) is 0.385. The van der Waals surface area contributed by atoms with Gasteiger partial charge in [0.15, 0.2) is 5.76 Å². The molecule has 0 saturated heterocycles. The van der Waals surface area contributed by atoms with Gasteiger partial charge in [0.1, 0.15) is 0 Å². The monoisotopic (exact) mass is 349 g/mol. The highest BCUT2D eigenvalue weighted by Gasteiger charge is 2.09. The predicted molar refractivity (Wildman–Crippen MR) is 95.7 cm³/mol. The maximum absolute atomic E-state index is 12.0. The molecule has 124 valence electrons. The first-order valence-electron chi connectivity index (χ1n) is 7.64. The van der Waals surface area contributed by atoms with Gasteiger partial charge in [-0.05, 0) is 17.7 Å². The zero-order valence-electron chi connectivity index (χ0n) is 13.3. The molecule has 5 nitrogen and oxygen atoms in total. The standard InChI is InChI=1S/C19H15N3O2S/c20-10-14-5-4-6-15(9-14)11-21-18(23)13-25-19-22-12-17(24-19)16-7-2-1-3-8-16/h1-9,12H,11,13H2,(H,21,23). The molecule has 1 heterocycles. The minimum absolute atomic E-state index is 0.119. The van der Waals surface area contributed by atoms with E-state index in [-0.39, 0.29) is 11.7 Å². The minimum Gasteiger partial charge on any atom is -0.431 e. The molecule has 3 aromatic rings. The van der Waals surface area contributed by atoms with Crippen molar-refractivity contribution >= 4 is 17.7 Å². The summed E-state index contributed by atoms with van der Waals surface area (Å²) in [5.41, 5.74) is 2.41. The van der Waals surface area contributed by atoms with Crippen LogP contribution in [0.1, 0.15) is 11.1 Å². The van der Waals surface area contributed by atoms with Crippen LogP contribution in [0, 0.1) is 11.3 Å². The number of nitrogens with zero attached hydrogens (tertiary/aromatic N) is 2. The first kappa shape index (κ1) is 16.8. The van der Waals surface area contributed by atoms with Crippen LogP contribution in [0.2, 0.25) is 0 Å². The van der Waals surface area contributed by atoms with E-state index in [0.29, 0.717) is 23.1 Å². The lowest BCUT2D eigenvalue weighted by molar-refractivity contribution is -0.118. The fourth-order valence-electron chi connectivity index (χ4n) is 2.19. The lowest BCUT2D eigenvalue weighted by Gasteiger charge is -2.04. The first-order chi connectivity index (χ1) is 12.2. The highest BCUT2D eigenvalue weighted by molar-refractivity contribution is 7.99. The molecule has 1 N–H and O–H groups in total. The van der Waals surface area contributed by atoms with Gasteiger partial charge in [0.2, 0.25) is 5.91 Å². The molecule has 1 aromatic heterocycles. The van der Waals surface area contributed by atoms with Gasteiger partial charge >= 0.3 is 0 Å². The quantitative estimate of drug-likeness (QED) is 0.688. The van der Waals surface area contributed by atoms with E-state index in [1.807, 2.05) is 36.4 Å². The smallest absolute Gasteiger partial charge is 0.256 e. The fraction of sp³-hybridized carbons (Fsp3) is 0.105. The summed E-state index contributed by atoms with van der Waals surface area (Å²) < 4.78 is 5.65. The molecular formula is C19H15N3O2S. The Bertz CT molecular complexity index is 900. The molecule has 0 bridgehead atoms. The second kappa shape index (κ2) is 8.18. The van der Waals surface area contributed by atoms with Crippen LogP contribution in [0.25, 0.3) is 11.3 Å². The van der Waals surface area contributed by atoms with E-state index in [9.17, 15) is 4.79 Å². The lowest BCUT2D eigenvalue weighted by atomic mass is 10.1. The van der Waals surface area contributed by atoms with Gasteiger partial charge < -0.3 is 9.73 Å². The topological polar surface area (TPSA) is 78.9 Å². The summed E-state index contributed by atoms with van der Waals surface area (Å²) in [7, 11) is 0. The maximum atomic E-state index is 12.0. The number of nitrogens with one attached hydrogen (secondary N) is 1. The zero-order chi connectivity index (χ0) is 17.5. The molecule has 2 aromatic carbocycles. The summed E-state index contributed by atoms with van der Waals surface area (Å²) in [4.78, 5) is 16.1. The van der Waals surface area contributed by atoms with Crippen molar-refractivity contribution in [3.05, 3.63) is 71.9 Å². The van der Waals surface area contributed by atoms with E-state index < -0.39 is 0 Å². The fourth-order valence-corrected chi connectivity index (χ4v) is 2.82. The van der Waals surface area contributed by atoms with E-state index in [1.165, 1.54) is 11.8 Å². The van der Waals surface area contributed by atoms with Crippen LogP contribution in [0.3, 0.4) is 0 Å². The van der Waals surface area contributed by atoms with E-state index in [0.717, 1.165) is 11.1 Å². The minimum atomic E-state index is -0.119. The van der Waals surface area contributed by atoms with Gasteiger partial charge in [0, 0.05) is 12.1 Å². The van der Waals surface area contributed by atoms with Crippen LogP contribution in [-0.4, -0.2) is 16.6 Å². The number of rotatable bonds is 6. The summed E-state index contributed by atoms with van der Waals surface area (Å²) in [5.74, 6) is 0.774. The van der Waals surface area contributed by atoms with Crippen LogP contribution in [0.15, 0.2) is 70.4 Å². The van der Waals surface area contributed by atoms with Gasteiger partial charge in [0.25, 0.3) is 5.22 Å². The number of hydrogen-bond donors (Lipinski definition) is 1. The van der Waals surface area contributed by atoms with Crippen molar-refractivity contribution in [1.82, 2.24) is 10.3 Å². The largest absolute Gasteiger partial charge is 0.431 e. The Balaban J connectivity index is 1.49. The highest BCUT2D eigenvalue weighted by atomic mass is 32.2. The molecule has 0 radical (unpaired) electrons. The van der Waals surface area contributed by atoms with Crippen LogP contribution >= 0.6 is 11.8 Å². The summed E-state index contributed by atoms with van der Waals surface area (Å²) in [6.07, 6.45) is 1.66. The highest BCUT2D eigenvalue weighted by Crippen LogP contribution is 2.24. The molecule has 0 saturated carbocycles. The first-order valence-corrected chi connectivity index (χ1v) is 8.63. The Hall–Kier alpha value is -3.04. The third kappa shape index (κ3) is 4.72. The average molecular weight is 349 g/mol. The number of nitriles is 1. The van der Waals surface area contributed by atoms with E-state index in [4.69, 9.17) is 9.68 Å².